The van der Waals surface area contributed by atoms with Crippen LogP contribution < -0.4 is 0 Å². The molecule has 0 amide bonds. The monoisotopic (exact) mass is 232 g/mol. The normalized spacial score (nSPS) is 12.3. The van der Waals surface area contributed by atoms with Crippen LogP contribution in [-0.2, 0) is 22.3 Å². The Bertz CT molecular complexity index is 520. The van der Waals surface area contributed by atoms with Gasteiger partial charge in [0, 0.05) is 22.3 Å². The van der Waals surface area contributed by atoms with Gasteiger partial charge in [0.15, 0.2) is 0 Å². The molecule has 2 rings (SSSR count). The molecule has 0 atom stereocenters. The van der Waals surface area contributed by atoms with E-state index in [9.17, 15) is 4.21 Å². The first-order valence-corrected chi connectivity index (χ1v) is 6.59. The summed E-state index contributed by atoms with van der Waals surface area (Å²) in [5.74, 6) is 0.738. The first-order chi connectivity index (χ1) is 8.66. The van der Waals surface area contributed by atoms with Crippen LogP contribution in [0.1, 0.15) is 13.9 Å². The number of hydrogen-bond acceptors (Lipinski definition) is 1. The third kappa shape index (κ3) is 3.31. The molecule has 0 N–H and O–H groups in total. The summed E-state index contributed by atoms with van der Waals surface area (Å²) >= 11 is 0. The van der Waals surface area contributed by atoms with Crippen molar-refractivity contribution in [3.05, 3.63) is 71.7 Å². The highest BCUT2D eigenvalue weighted by Gasteiger charge is 2.02. The van der Waals surface area contributed by atoms with Gasteiger partial charge in [0.25, 0.3) is 0 Å². The second-order valence-corrected chi connectivity index (χ2v) is 4.96. The number of hydrogen-bond donors (Lipinski definition) is 0. The average molecular weight is 232 g/mol. The Kier molecular flexibility index (Phi) is 3.06. The summed E-state index contributed by atoms with van der Waals surface area (Å²) in [4.78, 5) is 0. The second-order valence-electron chi connectivity index (χ2n) is 3.50. The zero-order valence-electron chi connectivity index (χ0n) is 10.8. The predicted octanol–water partition coefficient (Wildman–Crippen LogP) is 3.14. The molecule has 0 unspecified atom stereocenters. The lowest BCUT2D eigenvalue weighted by Gasteiger charge is -2.02. The lowest BCUT2D eigenvalue weighted by atomic mass is 10.2. The fourth-order valence-corrected chi connectivity index (χ4v) is 2.59. The first-order valence-electron chi connectivity index (χ1n) is 6.11. The van der Waals surface area contributed by atoms with Crippen molar-refractivity contribution in [2.75, 3.05) is 0 Å². The Labute approximate surface area is 101 Å². The molecule has 0 saturated heterocycles. The summed E-state index contributed by atoms with van der Waals surface area (Å²) in [6.45, 7) is 0. The summed E-state index contributed by atoms with van der Waals surface area (Å²) in [5, 5.41) is 0. The molecular formula is C14H14OS. The van der Waals surface area contributed by atoms with E-state index in [0.717, 1.165) is 11.1 Å². The molecule has 0 fully saturated rings. The lowest BCUT2D eigenvalue weighted by molar-refractivity contribution is 0.682. The van der Waals surface area contributed by atoms with Crippen LogP contribution in [0.3, 0.4) is 0 Å². The van der Waals surface area contributed by atoms with Gasteiger partial charge in [0.1, 0.15) is 0 Å². The van der Waals surface area contributed by atoms with Crippen LogP contribution in [0, 0.1) is 0 Å². The Morgan fingerprint density at radius 1 is 0.875 bits per heavy atom. The van der Waals surface area contributed by atoms with E-state index in [2.05, 4.69) is 0 Å². The minimum Gasteiger partial charge on any atom is -0.259 e. The van der Waals surface area contributed by atoms with E-state index in [0.29, 0.717) is 23.6 Å². The van der Waals surface area contributed by atoms with Gasteiger partial charge in [-0.1, -0.05) is 60.6 Å². The SMILES string of the molecule is [2H]c1ccccc1CS(=O)Cc1ccccc1[2H]. The van der Waals surface area contributed by atoms with Gasteiger partial charge >= 0.3 is 0 Å². The Hall–Kier alpha value is -1.41. The molecule has 0 heterocycles. The molecule has 2 heteroatoms. The van der Waals surface area contributed by atoms with Crippen LogP contribution in [0.2, 0.25) is 0 Å². The van der Waals surface area contributed by atoms with Gasteiger partial charge < -0.3 is 0 Å². The topological polar surface area (TPSA) is 17.1 Å². The van der Waals surface area contributed by atoms with Crippen LogP contribution in [0.5, 0.6) is 0 Å². The van der Waals surface area contributed by atoms with E-state index in [1.165, 1.54) is 0 Å². The summed E-state index contributed by atoms with van der Waals surface area (Å²) in [5.41, 5.74) is 1.58. The molecule has 2 aromatic carbocycles. The standard InChI is InChI=1S/C14H14OS/c15-16(11-13-7-3-1-4-8-13)12-14-9-5-2-6-10-14/h1-10H,11-12H2/i7D,9D. The highest BCUT2D eigenvalue weighted by molar-refractivity contribution is 7.83. The predicted molar refractivity (Wildman–Crippen MR) is 68.4 cm³/mol. The molecular weight excluding hydrogens is 216 g/mol. The van der Waals surface area contributed by atoms with Crippen LogP contribution in [0.25, 0.3) is 0 Å². The molecule has 82 valence electrons. The molecule has 0 spiro atoms. The Morgan fingerprint density at radius 3 is 1.81 bits per heavy atom. The minimum atomic E-state index is -1.08. The quantitative estimate of drug-likeness (QED) is 0.791. The molecule has 1 nitrogen and oxygen atoms in total. The van der Waals surface area contributed by atoms with E-state index in [-0.39, 0.29) is 0 Å². The van der Waals surface area contributed by atoms with E-state index < -0.39 is 10.8 Å². The van der Waals surface area contributed by atoms with Crippen LogP contribution >= 0.6 is 0 Å². The maximum absolute atomic E-state index is 12.0. The highest BCUT2D eigenvalue weighted by atomic mass is 32.2. The second kappa shape index (κ2) is 5.61. The molecule has 0 aliphatic carbocycles. The number of benzene rings is 2. The van der Waals surface area contributed by atoms with E-state index in [1.807, 2.05) is 24.3 Å². The molecule has 0 bridgehead atoms. The van der Waals surface area contributed by atoms with Gasteiger partial charge in [0.05, 0.1) is 2.74 Å². The molecule has 0 saturated carbocycles. The van der Waals surface area contributed by atoms with Crippen LogP contribution in [0.4, 0.5) is 0 Å². The smallest absolute Gasteiger partial charge is 0.0626 e. The van der Waals surface area contributed by atoms with Gasteiger partial charge in [-0.25, -0.2) is 0 Å². The largest absolute Gasteiger partial charge is 0.259 e. The lowest BCUT2D eigenvalue weighted by Crippen LogP contribution is -1.99. The Morgan fingerprint density at radius 2 is 1.38 bits per heavy atom. The third-order valence-corrected chi connectivity index (χ3v) is 3.45. The van der Waals surface area contributed by atoms with Crippen LogP contribution in [-0.4, -0.2) is 4.21 Å². The van der Waals surface area contributed by atoms with Crippen molar-refractivity contribution >= 4 is 10.8 Å². The summed E-state index contributed by atoms with van der Waals surface area (Å²) in [6.07, 6.45) is 0. The zero-order chi connectivity index (χ0) is 13.0. The summed E-state index contributed by atoms with van der Waals surface area (Å²) < 4.78 is 27.5. The van der Waals surface area contributed by atoms with E-state index >= 15 is 0 Å². The summed E-state index contributed by atoms with van der Waals surface area (Å²) in [7, 11) is -1.08. The van der Waals surface area contributed by atoms with Crippen molar-refractivity contribution in [3.63, 3.8) is 0 Å². The van der Waals surface area contributed by atoms with Crippen molar-refractivity contribution in [1.29, 1.82) is 0 Å². The van der Waals surface area contributed by atoms with Crippen molar-refractivity contribution in [2.45, 2.75) is 11.5 Å². The van der Waals surface area contributed by atoms with Gasteiger partial charge in [0.2, 0.25) is 0 Å². The average Bonchev–Trinajstić information content (AvgIpc) is 2.35. The van der Waals surface area contributed by atoms with Gasteiger partial charge in [-0.3, -0.25) is 4.21 Å². The highest BCUT2D eigenvalue weighted by Crippen LogP contribution is 2.08. The van der Waals surface area contributed by atoms with Crippen LogP contribution in [0.15, 0.2) is 60.6 Å². The molecule has 16 heavy (non-hydrogen) atoms. The van der Waals surface area contributed by atoms with E-state index in [1.54, 1.807) is 24.3 Å². The molecule has 2 aromatic rings. The minimum absolute atomic E-state index is 0.369. The third-order valence-electron chi connectivity index (χ3n) is 2.18. The summed E-state index contributed by atoms with van der Waals surface area (Å²) in [6, 6.07) is 15.2. The molecule has 0 aliphatic heterocycles. The van der Waals surface area contributed by atoms with Crippen molar-refractivity contribution in [2.24, 2.45) is 0 Å². The maximum atomic E-state index is 12.0. The molecule has 0 aromatic heterocycles. The fraction of sp³-hybridized carbons (Fsp3) is 0.143. The number of rotatable bonds is 4. The van der Waals surface area contributed by atoms with Crippen molar-refractivity contribution in [3.8, 4) is 0 Å². The molecule has 0 aliphatic rings. The molecule has 0 radical (unpaired) electrons. The maximum Gasteiger partial charge on any atom is 0.0626 e. The Balaban J connectivity index is 2.06. The fourth-order valence-electron chi connectivity index (χ4n) is 1.44. The zero-order valence-corrected chi connectivity index (χ0v) is 9.67. The van der Waals surface area contributed by atoms with Crippen molar-refractivity contribution < 1.29 is 6.95 Å². The van der Waals surface area contributed by atoms with E-state index in [4.69, 9.17) is 2.74 Å². The van der Waals surface area contributed by atoms with Gasteiger partial charge in [-0.2, -0.15) is 0 Å². The van der Waals surface area contributed by atoms with Gasteiger partial charge in [-0.05, 0) is 11.1 Å². The van der Waals surface area contributed by atoms with Crippen molar-refractivity contribution in [1.82, 2.24) is 0 Å². The first kappa shape index (κ1) is 8.71. The van der Waals surface area contributed by atoms with Gasteiger partial charge in [-0.15, -0.1) is 0 Å².